The first-order chi connectivity index (χ1) is 12.3. The lowest BCUT2D eigenvalue weighted by Gasteiger charge is -2.29. The Morgan fingerprint density at radius 2 is 2.08 bits per heavy atom. The number of aryl methyl sites for hydroxylation is 1. The van der Waals surface area contributed by atoms with E-state index >= 15 is 0 Å². The fourth-order valence-electron chi connectivity index (χ4n) is 3.88. The minimum Gasteiger partial charge on any atom is -0.486 e. The average molecular weight is 337 g/mol. The highest BCUT2D eigenvalue weighted by atomic mass is 16.6. The van der Waals surface area contributed by atoms with Gasteiger partial charge >= 0.3 is 0 Å². The highest BCUT2D eigenvalue weighted by Crippen LogP contribution is 2.44. The molecule has 3 aromatic rings. The van der Waals surface area contributed by atoms with Crippen molar-refractivity contribution in [3.8, 4) is 11.5 Å². The summed E-state index contributed by atoms with van der Waals surface area (Å²) in [5.74, 6) is 2.65. The lowest BCUT2D eigenvalue weighted by Crippen LogP contribution is -2.25. The number of rotatable bonds is 2. The van der Waals surface area contributed by atoms with Gasteiger partial charge in [0.2, 0.25) is 0 Å². The zero-order valence-electron chi connectivity index (χ0n) is 14.1. The van der Waals surface area contributed by atoms with Gasteiger partial charge in [-0.25, -0.2) is 9.97 Å². The van der Waals surface area contributed by atoms with Gasteiger partial charge in [0.05, 0.1) is 17.6 Å². The van der Waals surface area contributed by atoms with E-state index in [9.17, 15) is 0 Å². The molecule has 7 heteroatoms. The van der Waals surface area contributed by atoms with Crippen molar-refractivity contribution in [3.05, 3.63) is 36.3 Å². The third-order valence-electron chi connectivity index (χ3n) is 4.99. The number of nitrogens with zero attached hydrogens (tertiary/aromatic N) is 5. The molecule has 5 rings (SSSR count). The Morgan fingerprint density at radius 3 is 3.04 bits per heavy atom. The van der Waals surface area contributed by atoms with Gasteiger partial charge in [0.25, 0.3) is 0 Å². The summed E-state index contributed by atoms with van der Waals surface area (Å²) >= 11 is 0. The quantitative estimate of drug-likeness (QED) is 0.716. The molecule has 1 unspecified atom stereocenters. The largest absolute Gasteiger partial charge is 0.486 e. The van der Waals surface area contributed by atoms with Gasteiger partial charge in [0.1, 0.15) is 25.4 Å². The number of hydrogen-bond acceptors (Lipinski definition) is 6. The van der Waals surface area contributed by atoms with Gasteiger partial charge in [-0.05, 0) is 18.9 Å². The van der Waals surface area contributed by atoms with Gasteiger partial charge in [-0.1, -0.05) is 12.1 Å². The van der Waals surface area contributed by atoms with E-state index in [0.717, 1.165) is 47.7 Å². The van der Waals surface area contributed by atoms with Gasteiger partial charge in [0.15, 0.2) is 17.1 Å². The van der Waals surface area contributed by atoms with Crippen LogP contribution in [0.4, 0.5) is 5.82 Å². The number of ether oxygens (including phenoxy) is 2. The molecule has 25 heavy (non-hydrogen) atoms. The van der Waals surface area contributed by atoms with Crippen LogP contribution in [0.25, 0.3) is 11.0 Å². The van der Waals surface area contributed by atoms with E-state index in [-0.39, 0.29) is 6.04 Å². The second kappa shape index (κ2) is 5.61. The van der Waals surface area contributed by atoms with Crippen molar-refractivity contribution in [1.29, 1.82) is 0 Å². The van der Waals surface area contributed by atoms with Crippen molar-refractivity contribution in [1.82, 2.24) is 19.7 Å². The summed E-state index contributed by atoms with van der Waals surface area (Å²) in [7, 11) is 1.90. The minimum absolute atomic E-state index is 0.218. The highest BCUT2D eigenvalue weighted by Gasteiger charge is 2.32. The molecule has 2 aromatic heterocycles. The van der Waals surface area contributed by atoms with Crippen molar-refractivity contribution in [3.63, 3.8) is 0 Å². The van der Waals surface area contributed by atoms with Gasteiger partial charge in [0, 0.05) is 19.2 Å². The fraction of sp³-hybridized carbons (Fsp3) is 0.389. The summed E-state index contributed by atoms with van der Waals surface area (Å²) in [6.45, 7) is 2.15. The van der Waals surface area contributed by atoms with E-state index in [2.05, 4.69) is 26.0 Å². The maximum atomic E-state index is 5.94. The fourth-order valence-corrected chi connectivity index (χ4v) is 3.88. The van der Waals surface area contributed by atoms with Crippen LogP contribution in [0.15, 0.2) is 30.7 Å². The molecule has 0 radical (unpaired) electrons. The van der Waals surface area contributed by atoms with Crippen molar-refractivity contribution in [2.75, 3.05) is 24.7 Å². The Hall–Kier alpha value is -2.83. The highest BCUT2D eigenvalue weighted by molar-refractivity contribution is 5.87. The number of anilines is 1. The van der Waals surface area contributed by atoms with E-state index in [0.29, 0.717) is 13.2 Å². The topological polar surface area (TPSA) is 65.3 Å². The molecule has 4 heterocycles. The van der Waals surface area contributed by atoms with Crippen LogP contribution in [-0.2, 0) is 7.05 Å². The van der Waals surface area contributed by atoms with Crippen LogP contribution in [0.5, 0.6) is 11.5 Å². The van der Waals surface area contributed by atoms with Crippen LogP contribution >= 0.6 is 0 Å². The van der Waals surface area contributed by atoms with Gasteiger partial charge in [-0.2, -0.15) is 5.10 Å². The predicted octanol–water partition coefficient (Wildman–Crippen LogP) is 2.48. The normalized spacial score (nSPS) is 19.6. The van der Waals surface area contributed by atoms with E-state index in [1.54, 1.807) is 11.0 Å². The third kappa shape index (κ3) is 2.22. The predicted molar refractivity (Wildman–Crippen MR) is 93.1 cm³/mol. The summed E-state index contributed by atoms with van der Waals surface area (Å²) in [5.41, 5.74) is 2.02. The average Bonchev–Trinajstić information content (AvgIpc) is 3.28. The Labute approximate surface area is 145 Å². The zero-order valence-corrected chi connectivity index (χ0v) is 14.1. The molecule has 7 nitrogen and oxygen atoms in total. The van der Waals surface area contributed by atoms with Crippen LogP contribution in [-0.4, -0.2) is 39.5 Å². The summed E-state index contributed by atoms with van der Waals surface area (Å²) in [6, 6.07) is 6.37. The molecule has 0 saturated carbocycles. The first kappa shape index (κ1) is 14.5. The molecule has 1 aromatic carbocycles. The Morgan fingerprint density at radius 1 is 1.16 bits per heavy atom. The summed E-state index contributed by atoms with van der Waals surface area (Å²) in [4.78, 5) is 11.3. The van der Waals surface area contributed by atoms with E-state index in [1.165, 1.54) is 5.56 Å². The minimum atomic E-state index is 0.218. The number of benzene rings is 1. The zero-order chi connectivity index (χ0) is 16.8. The van der Waals surface area contributed by atoms with Crippen molar-refractivity contribution < 1.29 is 9.47 Å². The summed E-state index contributed by atoms with van der Waals surface area (Å²) < 4.78 is 13.5. The lowest BCUT2D eigenvalue weighted by molar-refractivity contribution is 0.169. The maximum Gasteiger partial charge on any atom is 0.166 e. The van der Waals surface area contributed by atoms with Crippen LogP contribution in [0, 0.1) is 0 Å². The molecule has 2 aliphatic heterocycles. The number of hydrogen-bond donors (Lipinski definition) is 0. The van der Waals surface area contributed by atoms with Gasteiger partial charge in [-0.15, -0.1) is 0 Å². The summed E-state index contributed by atoms with van der Waals surface area (Å²) in [6.07, 6.45) is 5.64. The molecular formula is C18H19N5O2. The molecule has 0 N–H and O–H groups in total. The molecule has 1 fully saturated rings. The maximum absolute atomic E-state index is 5.94. The van der Waals surface area contributed by atoms with Gasteiger partial charge < -0.3 is 14.4 Å². The molecule has 0 amide bonds. The second-order valence-corrected chi connectivity index (χ2v) is 6.43. The van der Waals surface area contributed by atoms with E-state index in [1.807, 2.05) is 25.4 Å². The van der Waals surface area contributed by atoms with Crippen LogP contribution in [0.3, 0.4) is 0 Å². The lowest BCUT2D eigenvalue weighted by atomic mass is 10.0. The van der Waals surface area contributed by atoms with Crippen molar-refractivity contribution in [2.24, 2.45) is 7.05 Å². The first-order valence-corrected chi connectivity index (χ1v) is 8.61. The second-order valence-electron chi connectivity index (χ2n) is 6.43. The van der Waals surface area contributed by atoms with E-state index < -0.39 is 0 Å². The molecule has 1 saturated heterocycles. The molecule has 1 atom stereocenters. The molecule has 128 valence electrons. The van der Waals surface area contributed by atoms with E-state index in [4.69, 9.17) is 9.47 Å². The standard InChI is InChI=1S/C18H19N5O2/c1-22-17-13(10-21-22)18(20-11-19-17)23-7-3-5-14(23)12-4-2-6-15-16(12)25-9-8-24-15/h2,4,6,10-11,14H,3,5,7-9H2,1H3. The number of para-hydroxylation sites is 1. The molecule has 0 spiro atoms. The van der Waals surface area contributed by atoms with Crippen LogP contribution < -0.4 is 14.4 Å². The van der Waals surface area contributed by atoms with Gasteiger partial charge in [-0.3, -0.25) is 4.68 Å². The molecule has 0 bridgehead atoms. The Kier molecular flexibility index (Phi) is 3.26. The SMILES string of the molecule is Cn1ncc2c(N3CCCC3c3cccc4c3OCCO4)ncnc21. The Balaban J connectivity index is 1.61. The summed E-state index contributed by atoms with van der Waals surface area (Å²) in [5, 5.41) is 5.32. The van der Waals surface area contributed by atoms with Crippen LogP contribution in [0.2, 0.25) is 0 Å². The third-order valence-corrected chi connectivity index (χ3v) is 4.99. The number of aromatic nitrogens is 4. The number of fused-ring (bicyclic) bond motifs is 2. The Bertz CT molecular complexity index is 938. The van der Waals surface area contributed by atoms with Crippen molar-refractivity contribution >= 4 is 16.9 Å². The molecular weight excluding hydrogens is 318 g/mol. The molecule has 0 aliphatic carbocycles. The van der Waals surface area contributed by atoms with Crippen molar-refractivity contribution in [2.45, 2.75) is 18.9 Å². The van der Waals surface area contributed by atoms with Crippen LogP contribution in [0.1, 0.15) is 24.4 Å². The molecule has 2 aliphatic rings. The monoisotopic (exact) mass is 337 g/mol. The smallest absolute Gasteiger partial charge is 0.166 e. The first-order valence-electron chi connectivity index (χ1n) is 8.61.